The molecule has 0 aliphatic carbocycles. The van der Waals surface area contributed by atoms with E-state index in [2.05, 4.69) is 24.9 Å². The molecule has 1 amide bonds. The average molecular weight is 740 g/mol. The van der Waals surface area contributed by atoms with Gasteiger partial charge in [0.2, 0.25) is 5.91 Å². The second-order valence-electron chi connectivity index (χ2n) is 15.2. The van der Waals surface area contributed by atoms with Crippen LogP contribution in [0, 0.1) is 0 Å². The van der Waals surface area contributed by atoms with Gasteiger partial charge in [-0.25, -0.2) is 4.79 Å². The Morgan fingerprint density at radius 1 is 0.519 bits per heavy atom. The normalized spacial score (nSPS) is 12.4. The van der Waals surface area contributed by atoms with Gasteiger partial charge in [0.05, 0.1) is 13.0 Å². The average Bonchev–Trinajstić information content (AvgIpc) is 3.12. The first-order valence-electron chi connectivity index (χ1n) is 22.0. The molecular weight excluding hydrogens is 656 g/mol. The van der Waals surface area contributed by atoms with E-state index in [1.54, 1.807) is 0 Å². The van der Waals surface area contributed by atoms with Crippen LogP contribution in [0.2, 0.25) is 0 Å². The van der Waals surface area contributed by atoms with Crippen molar-refractivity contribution >= 4 is 23.8 Å². The highest BCUT2D eigenvalue weighted by atomic mass is 16.6. The quantitative estimate of drug-likeness (QED) is 0.0419. The highest BCUT2D eigenvalue weighted by Crippen LogP contribution is 2.16. The molecule has 0 radical (unpaired) electrons. The molecule has 9 nitrogen and oxygen atoms in total. The van der Waals surface area contributed by atoms with Crippen LogP contribution >= 0.6 is 0 Å². The minimum atomic E-state index is -1.16. The van der Waals surface area contributed by atoms with Crippen molar-refractivity contribution in [3.63, 3.8) is 0 Å². The lowest BCUT2D eigenvalue weighted by molar-refractivity contribution is -0.406. The summed E-state index contributed by atoms with van der Waals surface area (Å²) in [6, 6.07) is -1.07. The third-order valence-electron chi connectivity index (χ3n) is 10.0. The molecule has 9 heteroatoms. The number of ether oxygens (including phenoxy) is 2. The largest absolute Gasteiger partial charge is 0.477 e. The molecule has 0 rings (SSSR count). The van der Waals surface area contributed by atoms with Gasteiger partial charge in [-0.2, -0.15) is 0 Å². The molecule has 0 fully saturated rings. The lowest BCUT2D eigenvalue weighted by atomic mass is 10.0. The monoisotopic (exact) mass is 740 g/mol. The first-order chi connectivity index (χ1) is 25.3. The van der Waals surface area contributed by atoms with Crippen molar-refractivity contribution in [2.45, 2.75) is 238 Å². The fourth-order valence-electron chi connectivity index (χ4n) is 6.53. The standard InChI is InChI=1S/C43H82N2O7/c1-3-5-7-9-11-13-15-17-19-21-23-25-27-29-31-33-41(47)51-37-38(36-45-40(46)35-39(44)43(49)50)52-42(48)34-32-30-28-26-24-22-20-18-16-14-12-10-8-6-4-2/h38-39H,3-37,44H2,1-2H3,(H,45,46)(H,49,50)/p+1. The number of hydrogen-bond donors (Lipinski definition) is 3. The lowest BCUT2D eigenvalue weighted by Crippen LogP contribution is -2.66. The van der Waals surface area contributed by atoms with Crippen LogP contribution in [-0.2, 0) is 28.7 Å². The minimum absolute atomic E-state index is 0.0536. The van der Waals surface area contributed by atoms with Gasteiger partial charge in [0, 0.05) is 12.8 Å². The maximum atomic E-state index is 12.6. The molecule has 5 N–H and O–H groups in total. The van der Waals surface area contributed by atoms with Crippen LogP contribution in [-0.4, -0.2) is 54.2 Å². The molecule has 0 saturated carbocycles. The third kappa shape index (κ3) is 36.2. The van der Waals surface area contributed by atoms with Gasteiger partial charge < -0.3 is 25.6 Å². The summed E-state index contributed by atoms with van der Waals surface area (Å²) in [6.45, 7) is 4.32. The highest BCUT2D eigenvalue weighted by molar-refractivity contribution is 5.83. The number of hydrogen-bond acceptors (Lipinski definition) is 6. The van der Waals surface area contributed by atoms with Crippen molar-refractivity contribution < 1.29 is 39.5 Å². The van der Waals surface area contributed by atoms with Crippen LogP contribution in [0.25, 0.3) is 0 Å². The Labute approximate surface area is 319 Å². The zero-order chi connectivity index (χ0) is 38.3. The van der Waals surface area contributed by atoms with Crippen LogP contribution in [0.15, 0.2) is 0 Å². The molecular formula is C43H83N2O7+. The number of rotatable bonds is 40. The van der Waals surface area contributed by atoms with Gasteiger partial charge in [-0.3, -0.25) is 14.4 Å². The van der Waals surface area contributed by atoms with E-state index in [4.69, 9.17) is 14.6 Å². The summed E-state index contributed by atoms with van der Waals surface area (Å²) < 4.78 is 11.0. The van der Waals surface area contributed by atoms with Gasteiger partial charge in [0.15, 0.2) is 12.1 Å². The van der Waals surface area contributed by atoms with Crippen LogP contribution in [0.3, 0.4) is 0 Å². The van der Waals surface area contributed by atoms with E-state index in [1.807, 2.05) is 0 Å². The van der Waals surface area contributed by atoms with Gasteiger partial charge in [-0.15, -0.1) is 0 Å². The molecule has 0 bridgehead atoms. The predicted molar refractivity (Wildman–Crippen MR) is 212 cm³/mol. The van der Waals surface area contributed by atoms with E-state index < -0.39 is 24.0 Å². The van der Waals surface area contributed by atoms with Gasteiger partial charge in [0.25, 0.3) is 0 Å². The van der Waals surface area contributed by atoms with Crippen molar-refractivity contribution in [3.8, 4) is 0 Å². The fourth-order valence-corrected chi connectivity index (χ4v) is 6.53. The number of aliphatic carboxylic acids is 1. The molecule has 0 aromatic heterocycles. The highest BCUT2D eigenvalue weighted by Gasteiger charge is 2.22. The summed E-state index contributed by atoms with van der Waals surface area (Å²) in [4.78, 5) is 48.3. The molecule has 0 saturated heterocycles. The second kappa shape index (κ2) is 38.6. The van der Waals surface area contributed by atoms with Gasteiger partial charge in [0.1, 0.15) is 6.61 Å². The molecule has 0 aromatic rings. The molecule has 306 valence electrons. The van der Waals surface area contributed by atoms with Gasteiger partial charge >= 0.3 is 17.9 Å². The molecule has 0 aliphatic rings. The molecule has 0 spiro atoms. The molecule has 52 heavy (non-hydrogen) atoms. The molecule has 2 unspecified atom stereocenters. The number of esters is 2. The van der Waals surface area contributed by atoms with E-state index in [1.165, 1.54) is 154 Å². The van der Waals surface area contributed by atoms with E-state index in [0.29, 0.717) is 6.42 Å². The molecule has 0 heterocycles. The number of carbonyl (C=O) groups excluding carboxylic acids is 3. The number of amides is 1. The number of carboxylic acids is 1. The number of nitrogens with one attached hydrogen (secondary N) is 1. The van der Waals surface area contributed by atoms with E-state index >= 15 is 0 Å². The first kappa shape index (κ1) is 49.8. The Bertz CT molecular complexity index is 853. The van der Waals surface area contributed by atoms with E-state index in [0.717, 1.165) is 38.5 Å². The topological polar surface area (TPSA) is 147 Å². The summed E-state index contributed by atoms with van der Waals surface area (Å²) in [5.74, 6) is -2.38. The SMILES string of the molecule is CCCCCCCCCCCCCCCCCC(=O)OCC(CNC(=O)CC([NH3+])C(=O)O)OC(=O)CCCCCCCCCCCCCCCCC. The van der Waals surface area contributed by atoms with Crippen molar-refractivity contribution in [1.29, 1.82) is 0 Å². The molecule has 0 aromatic carbocycles. The summed E-state index contributed by atoms with van der Waals surface area (Å²) in [7, 11) is 0. The summed E-state index contributed by atoms with van der Waals surface area (Å²) >= 11 is 0. The maximum absolute atomic E-state index is 12.6. The minimum Gasteiger partial charge on any atom is -0.477 e. The van der Waals surface area contributed by atoms with E-state index in [9.17, 15) is 19.2 Å². The zero-order valence-corrected chi connectivity index (χ0v) is 34.0. The first-order valence-corrected chi connectivity index (χ1v) is 22.0. The zero-order valence-electron chi connectivity index (χ0n) is 34.0. The number of quaternary nitrogens is 1. The Morgan fingerprint density at radius 3 is 1.19 bits per heavy atom. The number of carboxylic acid groups (broad SMARTS) is 1. The fraction of sp³-hybridized carbons (Fsp3) is 0.907. The number of unbranched alkanes of at least 4 members (excludes halogenated alkanes) is 28. The van der Waals surface area contributed by atoms with E-state index in [-0.39, 0.29) is 37.9 Å². The third-order valence-corrected chi connectivity index (χ3v) is 10.0. The van der Waals surface area contributed by atoms with Crippen LogP contribution < -0.4 is 11.1 Å². The Morgan fingerprint density at radius 2 is 0.846 bits per heavy atom. The predicted octanol–water partition coefficient (Wildman–Crippen LogP) is 10.2. The summed E-state index contributed by atoms with van der Waals surface area (Å²) in [6.07, 6.45) is 37.0. The maximum Gasteiger partial charge on any atom is 0.362 e. The van der Waals surface area contributed by atoms with Gasteiger partial charge in [-0.05, 0) is 12.8 Å². The number of carbonyl (C=O) groups is 4. The van der Waals surface area contributed by atoms with Crippen LogP contribution in [0.5, 0.6) is 0 Å². The van der Waals surface area contributed by atoms with Crippen molar-refractivity contribution in [1.82, 2.24) is 5.32 Å². The van der Waals surface area contributed by atoms with Gasteiger partial charge in [-0.1, -0.05) is 194 Å². The second-order valence-corrected chi connectivity index (χ2v) is 15.2. The Kier molecular flexibility index (Phi) is 37.0. The van der Waals surface area contributed by atoms with Crippen LogP contribution in [0.1, 0.15) is 226 Å². The Balaban J connectivity index is 4.16. The van der Waals surface area contributed by atoms with Crippen LogP contribution in [0.4, 0.5) is 0 Å². The Hall–Kier alpha value is -2.16. The molecule has 0 aliphatic heterocycles. The van der Waals surface area contributed by atoms with Crippen molar-refractivity contribution in [3.05, 3.63) is 0 Å². The van der Waals surface area contributed by atoms with Crippen molar-refractivity contribution in [2.75, 3.05) is 13.2 Å². The smallest absolute Gasteiger partial charge is 0.362 e. The lowest BCUT2D eigenvalue weighted by Gasteiger charge is -2.19. The summed E-state index contributed by atoms with van der Waals surface area (Å²) in [5, 5.41) is 11.6. The molecule has 2 atom stereocenters. The summed E-state index contributed by atoms with van der Waals surface area (Å²) in [5.41, 5.74) is 3.47. The van der Waals surface area contributed by atoms with Crippen molar-refractivity contribution in [2.24, 2.45) is 0 Å².